The summed E-state index contributed by atoms with van der Waals surface area (Å²) in [5.74, 6) is 0.823. The third-order valence-electron chi connectivity index (χ3n) is 4.42. The summed E-state index contributed by atoms with van der Waals surface area (Å²) in [6, 6.07) is 2.35. The fourth-order valence-corrected chi connectivity index (χ4v) is 2.89. The molecule has 0 unspecified atom stereocenters. The molecule has 0 radical (unpaired) electrons. The van der Waals surface area contributed by atoms with E-state index in [-0.39, 0.29) is 11.7 Å². The highest BCUT2D eigenvalue weighted by Gasteiger charge is 2.26. The topological polar surface area (TPSA) is 98.8 Å². The highest BCUT2D eigenvalue weighted by molar-refractivity contribution is 5.90. The number of amides is 1. The molecule has 3 N–H and O–H groups in total. The van der Waals surface area contributed by atoms with Crippen molar-refractivity contribution >= 4 is 11.7 Å². The summed E-state index contributed by atoms with van der Waals surface area (Å²) >= 11 is 0. The van der Waals surface area contributed by atoms with Crippen molar-refractivity contribution in [3.05, 3.63) is 35.0 Å². The maximum atomic E-state index is 11.9. The lowest BCUT2D eigenvalue weighted by atomic mass is 10.2. The molecule has 24 heavy (non-hydrogen) atoms. The first-order valence-electron chi connectivity index (χ1n) is 8.12. The second-order valence-electron chi connectivity index (χ2n) is 6.05. The van der Waals surface area contributed by atoms with Gasteiger partial charge >= 0.3 is 0 Å². The summed E-state index contributed by atoms with van der Waals surface area (Å²) in [5.41, 5.74) is 2.94. The van der Waals surface area contributed by atoms with Gasteiger partial charge in [0.1, 0.15) is 5.82 Å². The SMILES string of the molecule is CNC(=O)c1nc(C)c(C)c(N2CC[C@@H](NCc3ccn[nH]3)C2)n1. The van der Waals surface area contributed by atoms with Gasteiger partial charge in [-0.3, -0.25) is 9.89 Å². The molecule has 1 aliphatic rings. The smallest absolute Gasteiger partial charge is 0.288 e. The number of aryl methyl sites for hydroxylation is 1. The summed E-state index contributed by atoms with van der Waals surface area (Å²) in [6.45, 7) is 6.45. The summed E-state index contributed by atoms with van der Waals surface area (Å²) < 4.78 is 0. The van der Waals surface area contributed by atoms with Gasteiger partial charge in [0.05, 0.1) is 0 Å². The maximum absolute atomic E-state index is 11.9. The van der Waals surface area contributed by atoms with Crippen LogP contribution in [0, 0.1) is 13.8 Å². The van der Waals surface area contributed by atoms with E-state index >= 15 is 0 Å². The molecule has 2 aromatic heterocycles. The third kappa shape index (κ3) is 3.38. The highest BCUT2D eigenvalue weighted by Crippen LogP contribution is 2.24. The quantitative estimate of drug-likeness (QED) is 0.741. The molecule has 1 saturated heterocycles. The predicted molar refractivity (Wildman–Crippen MR) is 90.9 cm³/mol. The van der Waals surface area contributed by atoms with E-state index in [1.807, 2.05) is 19.9 Å². The Bertz CT molecular complexity index is 713. The Hall–Kier alpha value is -2.48. The summed E-state index contributed by atoms with van der Waals surface area (Å²) in [4.78, 5) is 22.9. The van der Waals surface area contributed by atoms with Crippen molar-refractivity contribution in [1.29, 1.82) is 0 Å². The van der Waals surface area contributed by atoms with E-state index in [2.05, 4.69) is 35.7 Å². The molecule has 0 bridgehead atoms. The van der Waals surface area contributed by atoms with Crippen LogP contribution in [0.3, 0.4) is 0 Å². The molecule has 1 atom stereocenters. The lowest BCUT2D eigenvalue weighted by Gasteiger charge is -2.21. The molecule has 3 heterocycles. The number of rotatable bonds is 5. The van der Waals surface area contributed by atoms with Gasteiger partial charge in [-0.15, -0.1) is 0 Å². The molecule has 3 rings (SSSR count). The van der Waals surface area contributed by atoms with Crippen molar-refractivity contribution in [3.63, 3.8) is 0 Å². The molecule has 0 aliphatic carbocycles. The first-order valence-corrected chi connectivity index (χ1v) is 8.12. The number of H-pyrrole nitrogens is 1. The van der Waals surface area contributed by atoms with Crippen molar-refractivity contribution in [2.75, 3.05) is 25.0 Å². The first kappa shape index (κ1) is 16.4. The number of carbonyl (C=O) groups excluding carboxylic acids is 1. The van der Waals surface area contributed by atoms with Crippen molar-refractivity contribution in [2.24, 2.45) is 0 Å². The number of aromatic nitrogens is 4. The van der Waals surface area contributed by atoms with Crippen LogP contribution in [0.25, 0.3) is 0 Å². The monoisotopic (exact) mass is 329 g/mol. The summed E-state index contributed by atoms with van der Waals surface area (Å²) in [5, 5.41) is 13.0. The molecule has 1 amide bonds. The number of aromatic amines is 1. The minimum atomic E-state index is -0.257. The van der Waals surface area contributed by atoms with Gasteiger partial charge in [0, 0.05) is 55.9 Å². The van der Waals surface area contributed by atoms with Crippen LogP contribution < -0.4 is 15.5 Å². The van der Waals surface area contributed by atoms with Crippen LogP contribution in [-0.2, 0) is 6.54 Å². The molecule has 1 aliphatic heterocycles. The maximum Gasteiger partial charge on any atom is 0.288 e. The zero-order chi connectivity index (χ0) is 17.1. The Balaban J connectivity index is 1.70. The largest absolute Gasteiger partial charge is 0.355 e. The molecule has 0 spiro atoms. The van der Waals surface area contributed by atoms with Crippen LogP contribution in [0.15, 0.2) is 12.3 Å². The third-order valence-corrected chi connectivity index (χ3v) is 4.42. The van der Waals surface area contributed by atoms with Gasteiger partial charge in [0.25, 0.3) is 5.91 Å². The fourth-order valence-electron chi connectivity index (χ4n) is 2.89. The molecule has 2 aromatic rings. The van der Waals surface area contributed by atoms with Crippen LogP contribution in [0.2, 0.25) is 0 Å². The number of nitrogens with one attached hydrogen (secondary N) is 3. The van der Waals surface area contributed by atoms with Gasteiger partial charge in [-0.05, 0) is 26.3 Å². The number of hydrogen-bond donors (Lipinski definition) is 3. The zero-order valence-electron chi connectivity index (χ0n) is 14.3. The van der Waals surface area contributed by atoms with E-state index in [0.717, 1.165) is 48.8 Å². The summed E-state index contributed by atoms with van der Waals surface area (Å²) in [7, 11) is 1.59. The van der Waals surface area contributed by atoms with Gasteiger partial charge in [-0.25, -0.2) is 9.97 Å². The second kappa shape index (κ2) is 6.96. The molecule has 1 fully saturated rings. The van der Waals surface area contributed by atoms with Crippen molar-refractivity contribution < 1.29 is 4.79 Å². The lowest BCUT2D eigenvalue weighted by Crippen LogP contribution is -2.33. The number of nitrogens with zero attached hydrogens (tertiary/aromatic N) is 4. The Morgan fingerprint density at radius 3 is 2.96 bits per heavy atom. The summed E-state index contributed by atoms with van der Waals surface area (Å²) in [6.07, 6.45) is 2.79. The predicted octanol–water partition coefficient (Wildman–Crippen LogP) is 0.545. The lowest BCUT2D eigenvalue weighted by molar-refractivity contribution is 0.0952. The minimum Gasteiger partial charge on any atom is -0.355 e. The Morgan fingerprint density at radius 2 is 2.25 bits per heavy atom. The number of anilines is 1. The van der Waals surface area contributed by atoms with Crippen molar-refractivity contribution in [3.8, 4) is 0 Å². The molecule has 128 valence electrons. The number of hydrogen-bond acceptors (Lipinski definition) is 6. The van der Waals surface area contributed by atoms with Gasteiger partial charge in [-0.1, -0.05) is 0 Å². The van der Waals surface area contributed by atoms with E-state index in [9.17, 15) is 4.79 Å². The molecular weight excluding hydrogens is 306 g/mol. The number of carbonyl (C=O) groups is 1. The fraction of sp³-hybridized carbons (Fsp3) is 0.500. The Kier molecular flexibility index (Phi) is 4.75. The normalized spacial score (nSPS) is 17.3. The molecular formula is C16H23N7O. The van der Waals surface area contributed by atoms with E-state index in [1.54, 1.807) is 13.2 Å². The van der Waals surface area contributed by atoms with E-state index in [1.165, 1.54) is 0 Å². The van der Waals surface area contributed by atoms with Crippen LogP contribution >= 0.6 is 0 Å². The van der Waals surface area contributed by atoms with Crippen LogP contribution in [0.1, 0.15) is 34.0 Å². The van der Waals surface area contributed by atoms with Crippen LogP contribution in [0.5, 0.6) is 0 Å². The van der Waals surface area contributed by atoms with Gasteiger partial charge in [-0.2, -0.15) is 5.10 Å². The second-order valence-corrected chi connectivity index (χ2v) is 6.05. The van der Waals surface area contributed by atoms with Crippen molar-refractivity contribution in [2.45, 2.75) is 32.9 Å². The van der Waals surface area contributed by atoms with Crippen LogP contribution in [-0.4, -0.2) is 52.3 Å². The van der Waals surface area contributed by atoms with Crippen LogP contribution in [0.4, 0.5) is 5.82 Å². The van der Waals surface area contributed by atoms with Crippen molar-refractivity contribution in [1.82, 2.24) is 30.8 Å². The van der Waals surface area contributed by atoms with E-state index in [0.29, 0.717) is 6.04 Å². The Labute approximate surface area is 141 Å². The molecule has 0 saturated carbocycles. The van der Waals surface area contributed by atoms with Gasteiger partial charge < -0.3 is 15.5 Å². The average molecular weight is 329 g/mol. The highest BCUT2D eigenvalue weighted by atomic mass is 16.2. The first-order chi connectivity index (χ1) is 11.6. The molecule has 8 nitrogen and oxygen atoms in total. The molecule has 8 heteroatoms. The average Bonchev–Trinajstić information content (AvgIpc) is 3.25. The van der Waals surface area contributed by atoms with Gasteiger partial charge in [0.15, 0.2) is 0 Å². The standard InChI is InChI=1S/C16H23N7O/c1-10-11(2)20-14(16(24)17-3)21-15(10)23-7-5-13(9-23)18-8-12-4-6-19-22-12/h4,6,13,18H,5,7-9H2,1-3H3,(H,17,24)(H,19,22)/t13-/m1/s1. The van der Waals surface area contributed by atoms with E-state index in [4.69, 9.17) is 0 Å². The van der Waals surface area contributed by atoms with Gasteiger partial charge in [0.2, 0.25) is 5.82 Å². The zero-order valence-corrected chi connectivity index (χ0v) is 14.3. The minimum absolute atomic E-state index is 0.226. The molecule has 0 aromatic carbocycles. The Morgan fingerprint density at radius 1 is 1.42 bits per heavy atom. The van der Waals surface area contributed by atoms with E-state index < -0.39 is 0 Å².